The van der Waals surface area contributed by atoms with Crippen LogP contribution >= 0.6 is 0 Å². The van der Waals surface area contributed by atoms with Crippen molar-refractivity contribution in [3.05, 3.63) is 78.5 Å². The Balaban J connectivity index is 1.41. The number of nitrogens with zero attached hydrogens (tertiary/aromatic N) is 4. The normalized spacial score (nSPS) is 12.7. The van der Waals surface area contributed by atoms with Crippen LogP contribution in [0.15, 0.2) is 67.1 Å². The Morgan fingerprint density at radius 1 is 0.977 bits per heavy atom. The molecular weight excluding hydrogens is 571 g/mol. The number of aromatic amines is 2. The highest BCUT2D eigenvalue weighted by molar-refractivity contribution is 7.90. The summed E-state index contributed by atoms with van der Waals surface area (Å²) in [4.78, 5) is 28.9. The number of fused-ring (bicyclic) bond motifs is 2. The van der Waals surface area contributed by atoms with E-state index in [1.165, 1.54) is 12.1 Å². The van der Waals surface area contributed by atoms with Crippen LogP contribution in [0.1, 0.15) is 24.8 Å². The molecule has 218 valence electrons. The smallest absolute Gasteiger partial charge is 0.226 e. The summed E-state index contributed by atoms with van der Waals surface area (Å²) in [7, 11) is -3.66. The number of H-pyrrole nitrogens is 2. The van der Waals surface area contributed by atoms with Gasteiger partial charge in [-0.3, -0.25) is 19.9 Å². The van der Waals surface area contributed by atoms with Crippen LogP contribution < -0.4 is 11.1 Å². The van der Waals surface area contributed by atoms with Gasteiger partial charge in [0.05, 0.1) is 28.6 Å². The first kappa shape index (κ1) is 28.1. The van der Waals surface area contributed by atoms with Crippen molar-refractivity contribution in [1.29, 1.82) is 0 Å². The van der Waals surface area contributed by atoms with Gasteiger partial charge < -0.3 is 16.0 Å². The second-order valence-corrected chi connectivity index (χ2v) is 12.8. The van der Waals surface area contributed by atoms with Gasteiger partial charge in [-0.15, -0.1) is 0 Å². The monoisotopic (exact) mass is 598 g/mol. The van der Waals surface area contributed by atoms with Crippen LogP contribution in [-0.4, -0.2) is 50.7 Å². The Morgan fingerprint density at radius 3 is 2.56 bits per heavy atom. The minimum Gasteiger partial charge on any atom is -0.336 e. The first-order valence-electron chi connectivity index (χ1n) is 13.3. The fourth-order valence-electron chi connectivity index (χ4n) is 4.75. The molecule has 0 saturated carbocycles. The summed E-state index contributed by atoms with van der Waals surface area (Å²) < 4.78 is 38.7. The van der Waals surface area contributed by atoms with E-state index < -0.39 is 21.0 Å². The van der Waals surface area contributed by atoms with Gasteiger partial charge in [0.25, 0.3) is 0 Å². The van der Waals surface area contributed by atoms with Gasteiger partial charge in [-0.2, -0.15) is 5.10 Å². The van der Waals surface area contributed by atoms with E-state index in [0.717, 1.165) is 34.4 Å². The average molecular weight is 599 g/mol. The van der Waals surface area contributed by atoms with Crippen LogP contribution in [0.25, 0.3) is 55.8 Å². The Bertz CT molecular complexity index is 2140. The number of pyridine rings is 2. The van der Waals surface area contributed by atoms with E-state index in [2.05, 4.69) is 30.5 Å². The van der Waals surface area contributed by atoms with Crippen LogP contribution in [0, 0.1) is 11.7 Å². The number of benzene rings is 2. The van der Waals surface area contributed by atoms with E-state index in [4.69, 9.17) is 10.7 Å². The molecule has 11 nitrogen and oxygen atoms in total. The fraction of sp³-hybridized carbons (Fsp3) is 0.167. The molecule has 0 aliphatic carbocycles. The lowest BCUT2D eigenvalue weighted by molar-refractivity contribution is -0.118. The maximum atomic E-state index is 14.6. The highest BCUT2D eigenvalue weighted by Gasteiger charge is 2.22. The molecule has 0 aliphatic heterocycles. The van der Waals surface area contributed by atoms with Gasteiger partial charge in [0.1, 0.15) is 22.4 Å². The molecule has 5 N–H and O–H groups in total. The fourth-order valence-corrected chi connectivity index (χ4v) is 5.38. The van der Waals surface area contributed by atoms with Gasteiger partial charge in [-0.05, 0) is 53.6 Å². The number of carbonyl (C=O) groups is 1. The first-order chi connectivity index (χ1) is 20.5. The molecule has 1 amide bonds. The number of nitrogens with two attached hydrogens (primary N) is 1. The molecule has 0 spiro atoms. The Kier molecular flexibility index (Phi) is 6.98. The van der Waals surface area contributed by atoms with Crippen molar-refractivity contribution >= 4 is 43.4 Å². The van der Waals surface area contributed by atoms with E-state index in [-0.39, 0.29) is 17.4 Å². The number of amides is 1. The van der Waals surface area contributed by atoms with E-state index in [0.29, 0.717) is 39.5 Å². The van der Waals surface area contributed by atoms with Crippen molar-refractivity contribution < 1.29 is 17.6 Å². The molecule has 0 radical (unpaired) electrons. The third-order valence-corrected chi connectivity index (χ3v) is 8.23. The van der Waals surface area contributed by atoms with Crippen molar-refractivity contribution in [3.63, 3.8) is 0 Å². The SMILES string of the molecule is CC(C)C(=O)Nc1cncc(-c2ccc3[nH]nc(-c4nc5c(-c6cc(F)cc(C(N)S(C)(=O)=O)c6)nccc5[nH]4)c3c2)c1. The summed E-state index contributed by atoms with van der Waals surface area (Å²) in [5.74, 6) is -0.457. The molecule has 2 aromatic carbocycles. The number of nitrogens with one attached hydrogen (secondary N) is 3. The van der Waals surface area contributed by atoms with Crippen LogP contribution in [0.3, 0.4) is 0 Å². The summed E-state index contributed by atoms with van der Waals surface area (Å²) >= 11 is 0. The van der Waals surface area contributed by atoms with Crippen molar-refractivity contribution in [2.75, 3.05) is 11.6 Å². The number of imidazole rings is 1. The van der Waals surface area contributed by atoms with Gasteiger partial charge in [0.2, 0.25) is 5.91 Å². The number of hydrogen-bond donors (Lipinski definition) is 4. The van der Waals surface area contributed by atoms with Crippen molar-refractivity contribution in [2.24, 2.45) is 11.7 Å². The second-order valence-electron chi connectivity index (χ2n) is 10.6. The topological polar surface area (TPSA) is 172 Å². The van der Waals surface area contributed by atoms with E-state index in [1.54, 1.807) is 24.7 Å². The van der Waals surface area contributed by atoms with E-state index >= 15 is 0 Å². The second kappa shape index (κ2) is 10.7. The lowest BCUT2D eigenvalue weighted by Gasteiger charge is -2.12. The number of hydrogen-bond acceptors (Lipinski definition) is 8. The van der Waals surface area contributed by atoms with Gasteiger partial charge >= 0.3 is 0 Å². The molecule has 6 rings (SSSR count). The maximum absolute atomic E-state index is 14.6. The number of halogens is 1. The van der Waals surface area contributed by atoms with Crippen molar-refractivity contribution in [1.82, 2.24) is 30.1 Å². The van der Waals surface area contributed by atoms with Crippen LogP contribution in [0.4, 0.5) is 10.1 Å². The molecule has 4 heterocycles. The number of anilines is 1. The molecular formula is C30H27FN8O3S. The van der Waals surface area contributed by atoms with Gasteiger partial charge in [0, 0.05) is 41.1 Å². The third-order valence-electron chi connectivity index (χ3n) is 7.03. The molecule has 0 aliphatic rings. The number of aromatic nitrogens is 6. The molecule has 0 saturated heterocycles. The summed E-state index contributed by atoms with van der Waals surface area (Å²) in [5, 5.41) is 9.80. The standard InChI is InChI=1S/C30H27FN8O3S/c1-15(2)30(40)35-21-11-19(13-33-14-21)16-4-5-23-22(12-16)26(39-38-23)29-36-24-6-7-34-25(27(24)37-29)17-8-18(10-20(31)9-17)28(32)43(3,41)42/h4-15,28H,32H2,1-3H3,(H,35,40)(H,36,37)(H,38,39). The molecule has 6 aromatic rings. The quantitative estimate of drug-likeness (QED) is 0.199. The molecule has 4 aromatic heterocycles. The van der Waals surface area contributed by atoms with Crippen LogP contribution in [0.2, 0.25) is 0 Å². The van der Waals surface area contributed by atoms with E-state index in [1.807, 2.05) is 38.1 Å². The summed E-state index contributed by atoms with van der Waals surface area (Å²) in [6, 6.07) is 13.2. The number of rotatable bonds is 7. The predicted molar refractivity (Wildman–Crippen MR) is 163 cm³/mol. The average Bonchev–Trinajstić information content (AvgIpc) is 3.59. The largest absolute Gasteiger partial charge is 0.336 e. The molecule has 43 heavy (non-hydrogen) atoms. The number of carbonyl (C=O) groups excluding carboxylic acids is 1. The van der Waals surface area contributed by atoms with Gasteiger partial charge in [0.15, 0.2) is 15.7 Å². The predicted octanol–water partition coefficient (Wildman–Crippen LogP) is 4.97. The minimum atomic E-state index is -3.66. The van der Waals surface area contributed by atoms with Crippen LogP contribution in [-0.2, 0) is 14.6 Å². The van der Waals surface area contributed by atoms with Gasteiger partial charge in [-0.1, -0.05) is 19.9 Å². The van der Waals surface area contributed by atoms with Crippen molar-refractivity contribution in [3.8, 4) is 33.9 Å². The highest BCUT2D eigenvalue weighted by Crippen LogP contribution is 2.34. The molecule has 0 fully saturated rings. The van der Waals surface area contributed by atoms with Gasteiger partial charge in [-0.25, -0.2) is 17.8 Å². The minimum absolute atomic E-state index is 0.0991. The summed E-state index contributed by atoms with van der Waals surface area (Å²) in [5.41, 5.74) is 11.4. The highest BCUT2D eigenvalue weighted by atomic mass is 32.2. The Labute approximate surface area is 245 Å². The zero-order chi connectivity index (χ0) is 30.5. The number of sulfone groups is 1. The first-order valence-corrected chi connectivity index (χ1v) is 15.3. The third kappa shape index (κ3) is 5.47. The zero-order valence-electron chi connectivity index (χ0n) is 23.4. The molecule has 1 unspecified atom stereocenters. The maximum Gasteiger partial charge on any atom is 0.226 e. The summed E-state index contributed by atoms with van der Waals surface area (Å²) in [6.07, 6.45) is 5.87. The molecule has 0 bridgehead atoms. The van der Waals surface area contributed by atoms with Crippen molar-refractivity contribution in [2.45, 2.75) is 19.2 Å². The molecule has 1 atom stereocenters. The van der Waals surface area contributed by atoms with Crippen LogP contribution in [0.5, 0.6) is 0 Å². The zero-order valence-corrected chi connectivity index (χ0v) is 24.2. The Morgan fingerprint density at radius 2 is 1.79 bits per heavy atom. The lowest BCUT2D eigenvalue weighted by atomic mass is 10.0. The molecule has 13 heteroatoms. The lowest BCUT2D eigenvalue weighted by Crippen LogP contribution is -2.20. The summed E-state index contributed by atoms with van der Waals surface area (Å²) in [6.45, 7) is 3.64. The van der Waals surface area contributed by atoms with E-state index in [9.17, 15) is 17.6 Å². The Hall–Kier alpha value is -5.01.